The molecule has 0 aliphatic heterocycles. The van der Waals surface area contributed by atoms with Crippen molar-refractivity contribution in [1.82, 2.24) is 24.7 Å². The quantitative estimate of drug-likeness (QED) is 0.673. The van der Waals surface area contributed by atoms with Crippen LogP contribution in [0.4, 0.5) is 0 Å². The molecule has 0 aromatic carbocycles. The molecule has 0 fully saturated rings. The number of rotatable bonds is 5. The number of fused-ring (bicyclic) bond motifs is 1. The minimum Gasteiger partial charge on any atom is -0.338 e. The maximum absolute atomic E-state index is 5.30. The number of aryl methyl sites for hydroxylation is 1. The Balaban J connectivity index is 1.79. The van der Waals surface area contributed by atoms with Crippen LogP contribution in [0.2, 0.25) is 0 Å². The zero-order chi connectivity index (χ0) is 13.9. The van der Waals surface area contributed by atoms with Crippen LogP contribution in [-0.2, 0) is 6.42 Å². The van der Waals surface area contributed by atoms with Crippen LogP contribution >= 0.6 is 11.8 Å². The number of aromatic nitrogens is 5. The largest absolute Gasteiger partial charge is 0.338 e. The Morgan fingerprint density at radius 3 is 3.10 bits per heavy atom. The van der Waals surface area contributed by atoms with Gasteiger partial charge in [-0.3, -0.25) is 4.40 Å². The first-order valence-electron chi connectivity index (χ1n) is 6.57. The molecule has 0 spiro atoms. The van der Waals surface area contributed by atoms with Crippen molar-refractivity contribution < 1.29 is 4.52 Å². The van der Waals surface area contributed by atoms with Gasteiger partial charge in [-0.05, 0) is 25.5 Å². The van der Waals surface area contributed by atoms with Gasteiger partial charge in [-0.25, -0.2) is 0 Å². The first-order chi connectivity index (χ1) is 9.78. The second-order valence-corrected chi connectivity index (χ2v) is 5.78. The van der Waals surface area contributed by atoms with Crippen LogP contribution in [0.15, 0.2) is 34.1 Å². The van der Waals surface area contributed by atoms with Crippen molar-refractivity contribution in [3.8, 4) is 0 Å². The molecule has 0 saturated carbocycles. The van der Waals surface area contributed by atoms with E-state index in [0.29, 0.717) is 5.89 Å². The third-order valence-corrected chi connectivity index (χ3v) is 3.91. The average Bonchev–Trinajstić information content (AvgIpc) is 3.07. The molecule has 104 valence electrons. The lowest BCUT2D eigenvalue weighted by Gasteiger charge is -2.03. The Morgan fingerprint density at radius 2 is 2.25 bits per heavy atom. The van der Waals surface area contributed by atoms with Gasteiger partial charge in [0.2, 0.25) is 5.89 Å². The number of pyridine rings is 1. The van der Waals surface area contributed by atoms with E-state index < -0.39 is 0 Å². The first kappa shape index (κ1) is 13.1. The molecule has 0 saturated heterocycles. The second kappa shape index (κ2) is 5.62. The molecular weight excluding hydrogens is 274 g/mol. The van der Waals surface area contributed by atoms with Crippen LogP contribution < -0.4 is 0 Å². The van der Waals surface area contributed by atoms with Crippen molar-refractivity contribution in [2.75, 3.05) is 0 Å². The van der Waals surface area contributed by atoms with E-state index >= 15 is 0 Å². The third kappa shape index (κ3) is 2.53. The lowest BCUT2D eigenvalue weighted by atomic mass is 10.3. The summed E-state index contributed by atoms with van der Waals surface area (Å²) in [7, 11) is 0. The van der Waals surface area contributed by atoms with Gasteiger partial charge in [0.25, 0.3) is 0 Å². The van der Waals surface area contributed by atoms with E-state index in [4.69, 9.17) is 4.52 Å². The Hall–Kier alpha value is -1.89. The fourth-order valence-electron chi connectivity index (χ4n) is 1.87. The molecule has 0 aliphatic carbocycles. The maximum Gasteiger partial charge on any atom is 0.239 e. The Bertz CT molecular complexity index is 707. The number of hydrogen-bond acceptors (Lipinski definition) is 6. The molecule has 0 unspecified atom stereocenters. The van der Waals surface area contributed by atoms with Crippen molar-refractivity contribution in [3.05, 3.63) is 36.1 Å². The van der Waals surface area contributed by atoms with Gasteiger partial charge in [-0.15, -0.1) is 10.2 Å². The minimum atomic E-state index is 0.0423. The van der Waals surface area contributed by atoms with Crippen LogP contribution in [0.3, 0.4) is 0 Å². The molecule has 7 heteroatoms. The maximum atomic E-state index is 5.30. The summed E-state index contributed by atoms with van der Waals surface area (Å²) in [6.45, 7) is 4.12. The molecule has 3 rings (SSSR count). The highest BCUT2D eigenvalue weighted by Gasteiger charge is 2.18. The SMILES string of the molecule is CCCc1noc([C@@H](C)Sc2nnc3ccccn23)n1. The van der Waals surface area contributed by atoms with E-state index in [2.05, 4.69) is 27.3 Å². The second-order valence-electron chi connectivity index (χ2n) is 4.47. The highest BCUT2D eigenvalue weighted by Crippen LogP contribution is 2.32. The van der Waals surface area contributed by atoms with Crippen molar-refractivity contribution >= 4 is 17.4 Å². The van der Waals surface area contributed by atoms with Crippen LogP contribution in [0.5, 0.6) is 0 Å². The van der Waals surface area contributed by atoms with Crippen LogP contribution in [-0.4, -0.2) is 24.7 Å². The molecule has 0 radical (unpaired) electrons. The summed E-state index contributed by atoms with van der Waals surface area (Å²) in [5.41, 5.74) is 0.833. The van der Waals surface area contributed by atoms with Gasteiger partial charge < -0.3 is 4.52 Å². The molecule has 3 aromatic rings. The minimum absolute atomic E-state index is 0.0423. The number of hydrogen-bond donors (Lipinski definition) is 0. The summed E-state index contributed by atoms with van der Waals surface area (Å²) in [6.07, 6.45) is 3.80. The van der Waals surface area contributed by atoms with Crippen molar-refractivity contribution in [2.24, 2.45) is 0 Å². The smallest absolute Gasteiger partial charge is 0.239 e. The van der Waals surface area contributed by atoms with Crippen LogP contribution in [0.1, 0.15) is 37.2 Å². The lowest BCUT2D eigenvalue weighted by molar-refractivity contribution is 0.374. The van der Waals surface area contributed by atoms with Crippen molar-refractivity contribution in [2.45, 2.75) is 37.1 Å². The molecule has 0 amide bonds. The van der Waals surface area contributed by atoms with Crippen LogP contribution in [0, 0.1) is 0 Å². The number of nitrogens with zero attached hydrogens (tertiary/aromatic N) is 5. The number of thioether (sulfide) groups is 1. The highest BCUT2D eigenvalue weighted by atomic mass is 32.2. The molecule has 0 bridgehead atoms. The topological polar surface area (TPSA) is 69.1 Å². The standard InChI is InChI=1S/C13H15N5OS/c1-3-6-10-14-12(19-17-10)9(2)20-13-16-15-11-7-4-5-8-18(11)13/h4-5,7-9H,3,6H2,1-2H3/t9-/m1/s1. The fourth-order valence-corrected chi connectivity index (χ4v) is 2.73. The fraction of sp³-hybridized carbons (Fsp3) is 0.385. The monoisotopic (exact) mass is 289 g/mol. The predicted octanol–water partition coefficient (Wildman–Crippen LogP) is 2.92. The summed E-state index contributed by atoms with van der Waals surface area (Å²) < 4.78 is 7.25. The van der Waals surface area contributed by atoms with E-state index in [1.54, 1.807) is 11.8 Å². The summed E-state index contributed by atoms with van der Waals surface area (Å²) in [4.78, 5) is 4.40. The molecule has 0 N–H and O–H groups in total. The normalized spacial score (nSPS) is 12.9. The van der Waals surface area contributed by atoms with Crippen molar-refractivity contribution in [1.29, 1.82) is 0 Å². The molecule has 3 heterocycles. The molecule has 6 nitrogen and oxygen atoms in total. The lowest BCUT2D eigenvalue weighted by Crippen LogP contribution is -1.93. The average molecular weight is 289 g/mol. The van der Waals surface area contributed by atoms with E-state index in [1.807, 2.05) is 35.7 Å². The summed E-state index contributed by atoms with van der Waals surface area (Å²) in [6, 6.07) is 5.82. The van der Waals surface area contributed by atoms with Gasteiger partial charge in [-0.2, -0.15) is 4.98 Å². The Kier molecular flexibility index (Phi) is 3.68. The molecule has 20 heavy (non-hydrogen) atoms. The van der Waals surface area contributed by atoms with E-state index in [1.165, 1.54) is 0 Å². The zero-order valence-corrected chi connectivity index (χ0v) is 12.2. The predicted molar refractivity (Wildman–Crippen MR) is 75.6 cm³/mol. The third-order valence-electron chi connectivity index (χ3n) is 2.87. The van der Waals surface area contributed by atoms with E-state index in [0.717, 1.165) is 29.5 Å². The van der Waals surface area contributed by atoms with Gasteiger partial charge in [0.1, 0.15) is 0 Å². The van der Waals surface area contributed by atoms with E-state index in [-0.39, 0.29) is 5.25 Å². The summed E-state index contributed by atoms with van der Waals surface area (Å²) in [5, 5.41) is 13.2. The summed E-state index contributed by atoms with van der Waals surface area (Å²) in [5.74, 6) is 1.40. The van der Waals surface area contributed by atoms with Crippen LogP contribution in [0.25, 0.3) is 5.65 Å². The van der Waals surface area contributed by atoms with Gasteiger partial charge in [0, 0.05) is 12.6 Å². The molecular formula is C13H15N5OS. The van der Waals surface area contributed by atoms with Gasteiger partial charge in [0.05, 0.1) is 5.25 Å². The zero-order valence-electron chi connectivity index (χ0n) is 11.4. The molecule has 3 aromatic heterocycles. The Labute approximate surface area is 120 Å². The van der Waals surface area contributed by atoms with E-state index in [9.17, 15) is 0 Å². The Morgan fingerprint density at radius 1 is 1.35 bits per heavy atom. The van der Waals surface area contributed by atoms with Gasteiger partial charge in [0.15, 0.2) is 16.6 Å². The first-order valence-corrected chi connectivity index (χ1v) is 7.44. The van der Waals surface area contributed by atoms with Gasteiger partial charge in [-0.1, -0.05) is 29.9 Å². The molecule has 1 atom stereocenters. The highest BCUT2D eigenvalue weighted by molar-refractivity contribution is 7.99. The molecule has 0 aliphatic rings. The summed E-state index contributed by atoms with van der Waals surface area (Å²) >= 11 is 1.56. The van der Waals surface area contributed by atoms with Gasteiger partial charge >= 0.3 is 0 Å². The van der Waals surface area contributed by atoms with Crippen molar-refractivity contribution in [3.63, 3.8) is 0 Å².